The van der Waals surface area contributed by atoms with E-state index in [-0.39, 0.29) is 5.92 Å². The molecule has 9 heavy (non-hydrogen) atoms. The Labute approximate surface area is 68.7 Å². The van der Waals surface area contributed by atoms with Crippen LogP contribution in [0.2, 0.25) is 0 Å². The van der Waals surface area contributed by atoms with Crippen molar-refractivity contribution in [3.63, 3.8) is 0 Å². The summed E-state index contributed by atoms with van der Waals surface area (Å²) in [7, 11) is 0. The minimum absolute atomic E-state index is 0.266. The fraction of sp³-hybridized carbons (Fsp3) is 0.571. The smallest absolute Gasteiger partial charge is 0.139 e. The molecule has 0 aliphatic heterocycles. The van der Waals surface area contributed by atoms with Crippen LogP contribution >= 0.6 is 22.6 Å². The Morgan fingerprint density at radius 3 is 2.89 bits per heavy atom. The third-order valence-corrected chi connectivity index (χ3v) is 2.46. The van der Waals surface area contributed by atoms with E-state index >= 15 is 0 Å². The van der Waals surface area contributed by atoms with Crippen molar-refractivity contribution < 1.29 is 4.79 Å². The highest BCUT2D eigenvalue weighted by molar-refractivity contribution is 14.1. The summed E-state index contributed by atoms with van der Waals surface area (Å²) in [5.41, 5.74) is 0. The first-order valence-corrected chi connectivity index (χ1v) is 4.15. The molecule has 0 aromatic rings. The Bertz CT molecular complexity index is 160. The van der Waals surface area contributed by atoms with Crippen LogP contribution < -0.4 is 0 Å². The van der Waals surface area contributed by atoms with Crippen LogP contribution in [0.5, 0.6) is 0 Å². The molecule has 1 aliphatic carbocycles. The number of hydrogen-bond donors (Lipinski definition) is 0. The van der Waals surface area contributed by atoms with Crippen molar-refractivity contribution in [1.29, 1.82) is 0 Å². The molecule has 1 aliphatic rings. The number of hydrogen-bond acceptors (Lipinski definition) is 1. The number of carbonyl (C=O) groups is 1. The summed E-state index contributed by atoms with van der Waals surface area (Å²) in [5, 5.41) is 0. The number of carbonyl (C=O) groups excluding carboxylic acids is 1. The van der Waals surface area contributed by atoms with E-state index in [9.17, 15) is 4.79 Å². The lowest BCUT2D eigenvalue weighted by Gasteiger charge is -2.13. The van der Waals surface area contributed by atoms with Crippen molar-refractivity contribution in [3.05, 3.63) is 9.66 Å². The number of Topliss-reactive ketones (excluding diaryl/α,β-unsaturated/α-hetero) is 1. The minimum Gasteiger partial charge on any atom is -0.299 e. The Hall–Kier alpha value is 0.140. The molecule has 0 aromatic carbocycles. The number of ketones is 1. The van der Waals surface area contributed by atoms with Gasteiger partial charge in [0.2, 0.25) is 0 Å². The third-order valence-electron chi connectivity index (χ3n) is 1.58. The largest absolute Gasteiger partial charge is 0.299 e. The lowest BCUT2D eigenvalue weighted by atomic mass is 9.95. The quantitative estimate of drug-likeness (QED) is 0.590. The van der Waals surface area contributed by atoms with Gasteiger partial charge in [-0.2, -0.15) is 0 Å². The highest BCUT2D eigenvalue weighted by atomic mass is 127. The maximum atomic E-state index is 10.9. The lowest BCUT2D eigenvalue weighted by molar-refractivity contribution is -0.121. The monoisotopic (exact) mass is 236 g/mol. The van der Waals surface area contributed by atoms with Gasteiger partial charge in [0, 0.05) is 12.3 Å². The molecule has 0 aromatic heterocycles. The van der Waals surface area contributed by atoms with Gasteiger partial charge in [-0.25, -0.2) is 0 Å². The van der Waals surface area contributed by atoms with E-state index in [1.54, 1.807) is 0 Å². The topological polar surface area (TPSA) is 17.1 Å². The van der Waals surface area contributed by atoms with Crippen LogP contribution in [-0.4, -0.2) is 5.78 Å². The van der Waals surface area contributed by atoms with E-state index in [1.165, 1.54) is 3.58 Å². The van der Waals surface area contributed by atoms with Crippen LogP contribution in [0.1, 0.15) is 19.8 Å². The molecule has 0 bridgehead atoms. The maximum absolute atomic E-state index is 10.9. The minimum atomic E-state index is 0.266. The van der Waals surface area contributed by atoms with Gasteiger partial charge in [-0.15, -0.1) is 0 Å². The van der Waals surface area contributed by atoms with E-state index in [4.69, 9.17) is 0 Å². The summed E-state index contributed by atoms with van der Waals surface area (Å²) < 4.78 is 1.33. The van der Waals surface area contributed by atoms with Gasteiger partial charge in [0.1, 0.15) is 5.78 Å². The Morgan fingerprint density at radius 2 is 2.44 bits per heavy atom. The molecule has 0 amide bonds. The average Bonchev–Trinajstić information content (AvgIpc) is 1.80. The van der Waals surface area contributed by atoms with E-state index in [0.29, 0.717) is 12.2 Å². The number of rotatable bonds is 0. The zero-order valence-electron chi connectivity index (χ0n) is 5.36. The standard InChI is InChI=1S/C7H9IO/c1-5-4-6(8)2-3-7(5)9/h2,5H,3-4H2,1H3. The molecule has 0 N–H and O–H groups in total. The molecule has 0 saturated heterocycles. The fourth-order valence-corrected chi connectivity index (χ4v) is 1.78. The van der Waals surface area contributed by atoms with Gasteiger partial charge >= 0.3 is 0 Å². The van der Waals surface area contributed by atoms with Gasteiger partial charge in [-0.1, -0.05) is 13.0 Å². The van der Waals surface area contributed by atoms with Crippen LogP contribution in [0.15, 0.2) is 9.66 Å². The zero-order valence-corrected chi connectivity index (χ0v) is 7.51. The van der Waals surface area contributed by atoms with Gasteiger partial charge < -0.3 is 0 Å². The highest BCUT2D eigenvalue weighted by Gasteiger charge is 2.16. The molecule has 1 rings (SSSR count). The molecule has 1 atom stereocenters. The van der Waals surface area contributed by atoms with Crippen LogP contribution in [0.4, 0.5) is 0 Å². The van der Waals surface area contributed by atoms with Gasteiger partial charge in [-0.3, -0.25) is 4.79 Å². The van der Waals surface area contributed by atoms with E-state index in [2.05, 4.69) is 22.6 Å². The zero-order chi connectivity index (χ0) is 6.85. The van der Waals surface area contributed by atoms with Gasteiger partial charge in [-0.05, 0) is 32.6 Å². The van der Waals surface area contributed by atoms with Crippen molar-refractivity contribution in [2.45, 2.75) is 19.8 Å². The van der Waals surface area contributed by atoms with E-state index in [1.807, 2.05) is 13.0 Å². The second-order valence-electron chi connectivity index (χ2n) is 2.43. The molecule has 2 heteroatoms. The van der Waals surface area contributed by atoms with Crippen LogP contribution in [-0.2, 0) is 4.79 Å². The van der Waals surface area contributed by atoms with Gasteiger partial charge in [0.15, 0.2) is 0 Å². The van der Waals surface area contributed by atoms with Crippen molar-refractivity contribution in [2.24, 2.45) is 5.92 Å². The summed E-state index contributed by atoms with van der Waals surface area (Å²) in [6.45, 7) is 1.99. The molecular formula is C7H9IO. The summed E-state index contributed by atoms with van der Waals surface area (Å²) >= 11 is 2.29. The van der Waals surface area contributed by atoms with Crippen LogP contribution in [0.3, 0.4) is 0 Å². The van der Waals surface area contributed by atoms with Crippen molar-refractivity contribution in [1.82, 2.24) is 0 Å². The second-order valence-corrected chi connectivity index (χ2v) is 3.81. The maximum Gasteiger partial charge on any atom is 0.139 e. The summed E-state index contributed by atoms with van der Waals surface area (Å²) in [6, 6.07) is 0. The van der Waals surface area contributed by atoms with Crippen molar-refractivity contribution >= 4 is 28.4 Å². The van der Waals surface area contributed by atoms with E-state index < -0.39 is 0 Å². The molecule has 1 unspecified atom stereocenters. The molecule has 0 saturated carbocycles. The van der Waals surface area contributed by atoms with Crippen molar-refractivity contribution in [3.8, 4) is 0 Å². The Kier molecular flexibility index (Phi) is 2.27. The van der Waals surface area contributed by atoms with Crippen molar-refractivity contribution in [2.75, 3.05) is 0 Å². The first kappa shape index (κ1) is 7.25. The molecule has 0 radical (unpaired) electrons. The molecular weight excluding hydrogens is 227 g/mol. The second kappa shape index (κ2) is 2.82. The first-order chi connectivity index (χ1) is 4.20. The number of halogens is 1. The fourth-order valence-electron chi connectivity index (χ4n) is 0.902. The van der Waals surface area contributed by atoms with E-state index in [0.717, 1.165) is 6.42 Å². The molecule has 0 spiro atoms. The summed E-state index contributed by atoms with van der Waals surface area (Å²) in [6.07, 6.45) is 3.63. The SMILES string of the molecule is CC1CC(I)=CCC1=O. The van der Waals surface area contributed by atoms with Crippen LogP contribution in [0, 0.1) is 5.92 Å². The molecule has 0 heterocycles. The number of allylic oxidation sites excluding steroid dienone is 2. The lowest BCUT2D eigenvalue weighted by Crippen LogP contribution is -2.13. The normalized spacial score (nSPS) is 28.0. The van der Waals surface area contributed by atoms with Gasteiger partial charge in [0.25, 0.3) is 0 Å². The van der Waals surface area contributed by atoms with Crippen LogP contribution in [0.25, 0.3) is 0 Å². The third kappa shape index (κ3) is 1.78. The van der Waals surface area contributed by atoms with Gasteiger partial charge in [0.05, 0.1) is 0 Å². The highest BCUT2D eigenvalue weighted by Crippen LogP contribution is 2.24. The average molecular weight is 236 g/mol. The molecule has 1 nitrogen and oxygen atoms in total. The molecule has 0 fully saturated rings. The Balaban J connectivity index is 2.65. The summed E-state index contributed by atoms with van der Waals surface area (Å²) in [4.78, 5) is 10.9. The summed E-state index contributed by atoms with van der Waals surface area (Å²) in [5.74, 6) is 0.650. The predicted molar refractivity (Wildman–Crippen MR) is 45.5 cm³/mol. The first-order valence-electron chi connectivity index (χ1n) is 3.07. The Morgan fingerprint density at radius 1 is 1.78 bits per heavy atom. The molecule has 50 valence electrons. The predicted octanol–water partition coefficient (Wildman–Crippen LogP) is 2.30.